The zero-order valence-electron chi connectivity index (χ0n) is 13.0. The smallest absolute Gasteiger partial charge is 0.269 e. The lowest BCUT2D eigenvalue weighted by molar-refractivity contribution is -0.384. The fraction of sp³-hybridized carbons (Fsp3) is 0. The van der Waals surface area contributed by atoms with E-state index in [9.17, 15) is 19.3 Å². The molecule has 25 heavy (non-hydrogen) atoms. The molecule has 0 unspecified atom stereocenters. The molecule has 2 aromatic carbocycles. The highest BCUT2D eigenvalue weighted by atomic mass is 19.1. The molecule has 3 rings (SSSR count). The van der Waals surface area contributed by atoms with Gasteiger partial charge in [0.05, 0.1) is 4.92 Å². The highest BCUT2D eigenvalue weighted by Crippen LogP contribution is 2.18. The molecule has 0 saturated carbocycles. The Bertz CT molecular complexity index is 942. The Morgan fingerprint density at radius 3 is 2.36 bits per heavy atom. The first kappa shape index (κ1) is 16.3. The van der Waals surface area contributed by atoms with Crippen LogP contribution in [0.3, 0.4) is 0 Å². The van der Waals surface area contributed by atoms with Gasteiger partial charge in [0.15, 0.2) is 5.78 Å². The molecule has 0 fully saturated rings. The van der Waals surface area contributed by atoms with E-state index in [-0.39, 0.29) is 11.5 Å². The van der Waals surface area contributed by atoms with Crippen LogP contribution in [0.5, 0.6) is 0 Å². The van der Waals surface area contributed by atoms with Gasteiger partial charge < -0.3 is 4.57 Å². The third-order valence-corrected chi connectivity index (χ3v) is 3.65. The first-order valence-corrected chi connectivity index (χ1v) is 7.45. The number of rotatable bonds is 5. The number of allylic oxidation sites excluding steroid dienone is 1. The van der Waals surface area contributed by atoms with Crippen molar-refractivity contribution in [1.82, 2.24) is 4.57 Å². The SMILES string of the molecule is O=C(/C=C/c1cccn1-c1ccc([N+](=O)[O-])cc1)c1ccc(F)cc1. The monoisotopic (exact) mass is 336 g/mol. The average molecular weight is 336 g/mol. The molecule has 124 valence electrons. The first-order chi connectivity index (χ1) is 12.0. The minimum atomic E-state index is -0.457. The van der Waals surface area contributed by atoms with E-state index in [4.69, 9.17) is 0 Å². The number of carbonyl (C=O) groups is 1. The number of halogens is 1. The summed E-state index contributed by atoms with van der Waals surface area (Å²) in [6.45, 7) is 0. The maximum Gasteiger partial charge on any atom is 0.269 e. The van der Waals surface area contributed by atoms with Crippen LogP contribution < -0.4 is 0 Å². The van der Waals surface area contributed by atoms with E-state index in [1.54, 1.807) is 29.0 Å². The fourth-order valence-electron chi connectivity index (χ4n) is 2.37. The van der Waals surface area contributed by atoms with Crippen LogP contribution in [0.4, 0.5) is 10.1 Å². The van der Waals surface area contributed by atoms with E-state index in [0.717, 1.165) is 11.4 Å². The number of nitrogens with zero attached hydrogens (tertiary/aromatic N) is 2. The van der Waals surface area contributed by atoms with Crippen LogP contribution in [0, 0.1) is 15.9 Å². The van der Waals surface area contributed by atoms with Crippen molar-refractivity contribution in [2.24, 2.45) is 0 Å². The van der Waals surface area contributed by atoms with E-state index in [0.29, 0.717) is 5.56 Å². The molecular weight excluding hydrogens is 323 g/mol. The molecular formula is C19H13FN2O3. The zero-order chi connectivity index (χ0) is 17.8. The van der Waals surface area contributed by atoms with Crippen LogP contribution >= 0.6 is 0 Å². The molecule has 0 saturated heterocycles. The quantitative estimate of drug-likeness (QED) is 0.300. The molecule has 0 bridgehead atoms. The molecule has 1 aromatic heterocycles. The molecule has 0 aliphatic heterocycles. The number of nitro groups is 1. The minimum Gasteiger partial charge on any atom is -0.317 e. The van der Waals surface area contributed by atoms with Crippen LogP contribution in [0.15, 0.2) is 72.9 Å². The van der Waals surface area contributed by atoms with Crippen molar-refractivity contribution >= 4 is 17.5 Å². The second-order valence-corrected chi connectivity index (χ2v) is 5.28. The number of non-ortho nitro benzene ring substituents is 1. The van der Waals surface area contributed by atoms with Gasteiger partial charge in [-0.25, -0.2) is 4.39 Å². The summed E-state index contributed by atoms with van der Waals surface area (Å²) in [5, 5.41) is 10.7. The second kappa shape index (κ2) is 6.92. The number of benzene rings is 2. The molecule has 0 radical (unpaired) electrons. The van der Waals surface area contributed by atoms with Gasteiger partial charge in [0.2, 0.25) is 0 Å². The van der Waals surface area contributed by atoms with E-state index >= 15 is 0 Å². The predicted molar refractivity (Wildman–Crippen MR) is 92.2 cm³/mol. The lowest BCUT2D eigenvalue weighted by Crippen LogP contribution is -1.97. The number of aromatic nitrogens is 1. The third kappa shape index (κ3) is 3.69. The van der Waals surface area contributed by atoms with Crippen LogP contribution in [0.2, 0.25) is 0 Å². The van der Waals surface area contributed by atoms with Gasteiger partial charge in [-0.1, -0.05) is 0 Å². The highest BCUT2D eigenvalue weighted by Gasteiger charge is 2.07. The van der Waals surface area contributed by atoms with Crippen molar-refractivity contribution in [1.29, 1.82) is 0 Å². The lowest BCUT2D eigenvalue weighted by atomic mass is 10.1. The normalized spacial score (nSPS) is 10.9. The molecule has 0 aliphatic rings. The standard InChI is InChI=1S/C19H13FN2O3/c20-15-5-3-14(4-6-15)19(23)12-11-16-2-1-13-21(16)17-7-9-18(10-8-17)22(24)25/h1-13H/b12-11+. The lowest BCUT2D eigenvalue weighted by Gasteiger charge is -2.06. The Morgan fingerprint density at radius 2 is 1.72 bits per heavy atom. The number of hydrogen-bond acceptors (Lipinski definition) is 3. The first-order valence-electron chi connectivity index (χ1n) is 7.45. The van der Waals surface area contributed by atoms with Gasteiger partial charge in [-0.15, -0.1) is 0 Å². The van der Waals surface area contributed by atoms with Crippen molar-refractivity contribution in [3.8, 4) is 5.69 Å². The number of hydrogen-bond donors (Lipinski definition) is 0. The summed E-state index contributed by atoms with van der Waals surface area (Å²) in [5.41, 5.74) is 1.89. The van der Waals surface area contributed by atoms with Gasteiger partial charge in [-0.05, 0) is 60.7 Å². The van der Waals surface area contributed by atoms with Crippen LogP contribution in [0.25, 0.3) is 11.8 Å². The Labute approximate surface area is 142 Å². The minimum absolute atomic E-state index is 0.0134. The number of carbonyl (C=O) groups excluding carboxylic acids is 1. The predicted octanol–water partition coefficient (Wildman–Crippen LogP) is 4.42. The van der Waals surface area contributed by atoms with E-state index in [1.165, 1.54) is 42.5 Å². The molecule has 0 spiro atoms. The van der Waals surface area contributed by atoms with Crippen LogP contribution in [0.1, 0.15) is 16.1 Å². The Hall–Kier alpha value is -3.54. The van der Waals surface area contributed by atoms with E-state index in [1.807, 2.05) is 12.1 Å². The topological polar surface area (TPSA) is 65.1 Å². The largest absolute Gasteiger partial charge is 0.317 e. The summed E-state index contributed by atoms with van der Waals surface area (Å²) < 4.78 is 14.7. The van der Waals surface area contributed by atoms with Gasteiger partial charge in [-0.2, -0.15) is 0 Å². The second-order valence-electron chi connectivity index (χ2n) is 5.28. The summed E-state index contributed by atoms with van der Waals surface area (Å²) in [7, 11) is 0. The Morgan fingerprint density at radius 1 is 1.04 bits per heavy atom. The van der Waals surface area contributed by atoms with E-state index < -0.39 is 10.7 Å². The third-order valence-electron chi connectivity index (χ3n) is 3.65. The summed E-state index contributed by atoms with van der Waals surface area (Å²) in [4.78, 5) is 22.4. The molecule has 5 nitrogen and oxygen atoms in total. The summed E-state index contributed by atoms with van der Waals surface area (Å²) in [6, 6.07) is 15.1. The van der Waals surface area contributed by atoms with Gasteiger partial charge >= 0.3 is 0 Å². The average Bonchev–Trinajstić information content (AvgIpc) is 3.09. The molecule has 1 heterocycles. The van der Waals surface area contributed by atoms with Crippen LogP contribution in [-0.4, -0.2) is 15.3 Å². The van der Waals surface area contributed by atoms with Crippen molar-refractivity contribution < 1.29 is 14.1 Å². The van der Waals surface area contributed by atoms with Gasteiger partial charge in [0, 0.05) is 35.3 Å². The zero-order valence-corrected chi connectivity index (χ0v) is 13.0. The maximum absolute atomic E-state index is 12.9. The molecule has 0 amide bonds. The molecule has 0 atom stereocenters. The van der Waals surface area contributed by atoms with Crippen molar-refractivity contribution in [2.75, 3.05) is 0 Å². The summed E-state index contributed by atoms with van der Waals surface area (Å²) in [5.74, 6) is -0.635. The number of nitro benzene ring substituents is 1. The van der Waals surface area contributed by atoms with Gasteiger partial charge in [0.1, 0.15) is 5.82 Å². The van der Waals surface area contributed by atoms with Crippen molar-refractivity contribution in [2.45, 2.75) is 0 Å². The van der Waals surface area contributed by atoms with Crippen LogP contribution in [-0.2, 0) is 0 Å². The fourth-order valence-corrected chi connectivity index (χ4v) is 2.37. The maximum atomic E-state index is 12.9. The molecule has 0 N–H and O–H groups in total. The summed E-state index contributed by atoms with van der Waals surface area (Å²) >= 11 is 0. The van der Waals surface area contributed by atoms with Crippen molar-refractivity contribution in [3.63, 3.8) is 0 Å². The molecule has 0 aliphatic carbocycles. The molecule has 3 aromatic rings. The van der Waals surface area contributed by atoms with Crippen molar-refractivity contribution in [3.05, 3.63) is 100 Å². The van der Waals surface area contributed by atoms with E-state index in [2.05, 4.69) is 0 Å². The van der Waals surface area contributed by atoms with Gasteiger partial charge in [0.25, 0.3) is 5.69 Å². The Balaban J connectivity index is 1.82. The highest BCUT2D eigenvalue weighted by molar-refractivity contribution is 6.06. The number of ketones is 1. The summed E-state index contributed by atoms with van der Waals surface area (Å²) in [6.07, 6.45) is 4.85. The Kier molecular flexibility index (Phi) is 4.52. The van der Waals surface area contributed by atoms with Gasteiger partial charge in [-0.3, -0.25) is 14.9 Å². The molecule has 6 heteroatoms.